The molecule has 6 N–H and O–H groups in total. The maximum Gasteiger partial charge on any atom is 0.410 e. The number of nitrogens with zero attached hydrogens (tertiary/aromatic N) is 3. The van der Waals surface area contributed by atoms with Crippen LogP contribution in [0.15, 0.2) is 47.4 Å². The van der Waals surface area contributed by atoms with E-state index in [0.29, 0.717) is 49.1 Å². The molecule has 16 nitrogen and oxygen atoms in total. The number of urea groups is 1. The van der Waals surface area contributed by atoms with Crippen molar-refractivity contribution in [1.29, 1.82) is 0 Å². The van der Waals surface area contributed by atoms with Gasteiger partial charge in [0.15, 0.2) is 0 Å². The number of aromatic nitrogens is 1. The topological polar surface area (TPSA) is 222 Å². The first-order valence-electron chi connectivity index (χ1n) is 19.8. The lowest BCUT2D eigenvalue weighted by Crippen LogP contribution is -2.49. The van der Waals surface area contributed by atoms with Gasteiger partial charge in [-0.2, -0.15) is 0 Å². The standard InChI is InChI=1S/C41H52FN7O9/c1-3-44-38(55)41(14-6-5-7-15-41)34(50)21-27(9-8-16-45-39(43)56)36(52)46-28-12-10-26(11-13-28)25-58-40(57)49-19-17-48(18-20-49)33-23-32-29(22-31(33)42)35(51)30(37(53)54)24-47(32)4-2/h10-13,22-24,27H,3-9,14-21,25H2,1-2H3,(H,44,55)(H,46,52)(H,53,54)(H3,43,45,56)/t27-/m1/s1. The van der Waals surface area contributed by atoms with Gasteiger partial charge in [0.1, 0.15) is 29.2 Å². The molecular weight excluding hydrogens is 753 g/mol. The highest BCUT2D eigenvalue weighted by Crippen LogP contribution is 2.40. The summed E-state index contributed by atoms with van der Waals surface area (Å²) in [5.74, 6) is -3.78. The third-order valence-corrected chi connectivity index (χ3v) is 11.0. The van der Waals surface area contributed by atoms with Crippen LogP contribution in [-0.4, -0.2) is 89.5 Å². The summed E-state index contributed by atoms with van der Waals surface area (Å²) in [5.41, 5.74) is 4.59. The predicted molar refractivity (Wildman–Crippen MR) is 214 cm³/mol. The van der Waals surface area contributed by atoms with Crippen molar-refractivity contribution in [3.8, 4) is 0 Å². The van der Waals surface area contributed by atoms with Crippen molar-refractivity contribution >= 4 is 58.0 Å². The number of ether oxygens (including phenoxy) is 1. The maximum absolute atomic E-state index is 15.3. The van der Waals surface area contributed by atoms with Crippen LogP contribution >= 0.6 is 0 Å². The lowest BCUT2D eigenvalue weighted by molar-refractivity contribution is -0.146. The average molecular weight is 806 g/mol. The molecule has 0 unspecified atom stereocenters. The number of amides is 5. The zero-order valence-electron chi connectivity index (χ0n) is 32.9. The molecule has 17 heteroatoms. The number of rotatable bonds is 16. The first-order valence-corrected chi connectivity index (χ1v) is 19.8. The number of ketones is 1. The molecule has 1 aliphatic carbocycles. The number of piperazine rings is 1. The monoisotopic (exact) mass is 805 g/mol. The molecule has 2 aromatic carbocycles. The molecule has 0 bridgehead atoms. The fourth-order valence-corrected chi connectivity index (χ4v) is 7.77. The average Bonchev–Trinajstić information content (AvgIpc) is 3.21. The smallest absolute Gasteiger partial charge is 0.410 e. The summed E-state index contributed by atoms with van der Waals surface area (Å²) in [5, 5.41) is 17.6. The number of pyridine rings is 1. The summed E-state index contributed by atoms with van der Waals surface area (Å²) in [6, 6.07) is 8.61. The number of halogens is 1. The van der Waals surface area contributed by atoms with Crippen molar-refractivity contribution in [2.24, 2.45) is 17.1 Å². The van der Waals surface area contributed by atoms with Crippen molar-refractivity contribution in [2.75, 3.05) is 49.5 Å². The van der Waals surface area contributed by atoms with E-state index in [1.54, 1.807) is 47.6 Å². The van der Waals surface area contributed by atoms with Crippen molar-refractivity contribution < 1.29 is 43.0 Å². The Labute approximate surface area is 335 Å². The number of nitrogens with two attached hydrogens (primary N) is 1. The molecule has 1 saturated heterocycles. The van der Waals surface area contributed by atoms with E-state index >= 15 is 4.39 Å². The van der Waals surface area contributed by atoms with Crippen LogP contribution in [0.2, 0.25) is 0 Å². The first kappa shape index (κ1) is 43.1. The van der Waals surface area contributed by atoms with E-state index in [2.05, 4.69) is 16.0 Å². The highest BCUT2D eigenvalue weighted by molar-refractivity contribution is 6.07. The number of carbonyl (C=O) groups is 6. The third kappa shape index (κ3) is 10.1. The van der Waals surface area contributed by atoms with E-state index in [1.165, 1.54) is 17.2 Å². The summed E-state index contributed by atoms with van der Waals surface area (Å²) in [4.78, 5) is 92.3. The number of hydrogen-bond acceptors (Lipinski definition) is 9. The summed E-state index contributed by atoms with van der Waals surface area (Å²) >= 11 is 0. The number of nitrogens with one attached hydrogen (secondary N) is 3. The quantitative estimate of drug-likeness (QED) is 0.102. The third-order valence-electron chi connectivity index (χ3n) is 11.0. The molecule has 0 radical (unpaired) electrons. The number of primary amides is 1. The minimum absolute atomic E-state index is 0.0231. The van der Waals surface area contributed by atoms with Gasteiger partial charge in [0, 0.05) is 75.4 Å². The van der Waals surface area contributed by atoms with Crippen molar-refractivity contribution in [2.45, 2.75) is 78.4 Å². The Morgan fingerprint density at radius 2 is 1.66 bits per heavy atom. The number of fused-ring (bicyclic) bond motifs is 1. The lowest BCUT2D eigenvalue weighted by Gasteiger charge is -2.35. The van der Waals surface area contributed by atoms with Crippen molar-refractivity contribution in [1.82, 2.24) is 20.1 Å². The van der Waals surface area contributed by atoms with Crippen LogP contribution in [0.4, 0.5) is 25.4 Å². The Balaban J connectivity index is 1.16. The highest BCUT2D eigenvalue weighted by atomic mass is 19.1. The van der Waals surface area contributed by atoms with Crippen LogP contribution < -0.4 is 32.0 Å². The summed E-state index contributed by atoms with van der Waals surface area (Å²) in [6.07, 6.45) is 4.55. The molecule has 1 aliphatic heterocycles. The van der Waals surface area contributed by atoms with E-state index in [1.807, 2.05) is 0 Å². The molecular formula is C41H52FN7O9. The van der Waals surface area contributed by atoms with Crippen molar-refractivity contribution in [3.63, 3.8) is 0 Å². The molecule has 2 aliphatic rings. The van der Waals surface area contributed by atoms with Gasteiger partial charge in [-0.15, -0.1) is 0 Å². The van der Waals surface area contributed by atoms with Gasteiger partial charge in [-0.25, -0.2) is 18.8 Å². The van der Waals surface area contributed by atoms with E-state index < -0.39 is 52.1 Å². The Morgan fingerprint density at radius 3 is 2.28 bits per heavy atom. The molecule has 1 atom stereocenters. The fourth-order valence-electron chi connectivity index (χ4n) is 7.77. The molecule has 5 rings (SSSR count). The normalized spacial score (nSPS) is 15.6. The fraction of sp³-hybridized carbons (Fsp3) is 0.488. The number of hydrogen-bond donors (Lipinski definition) is 5. The van der Waals surface area contributed by atoms with Gasteiger partial charge < -0.3 is 45.9 Å². The molecule has 0 spiro atoms. The minimum atomic E-state index is -1.38. The maximum atomic E-state index is 15.3. The summed E-state index contributed by atoms with van der Waals surface area (Å²) in [7, 11) is 0. The van der Waals surface area contributed by atoms with Crippen LogP contribution in [0.1, 0.15) is 81.1 Å². The zero-order valence-corrected chi connectivity index (χ0v) is 32.9. The molecule has 3 aromatic rings. The van der Waals surface area contributed by atoms with E-state index in [9.17, 15) is 38.7 Å². The molecule has 58 heavy (non-hydrogen) atoms. The van der Waals surface area contributed by atoms with Gasteiger partial charge in [0.05, 0.1) is 11.2 Å². The van der Waals surface area contributed by atoms with Gasteiger partial charge in [0.2, 0.25) is 17.2 Å². The SMILES string of the molecule is CCNC(=O)C1(C(=O)C[C@@H](CCCNC(N)=O)C(=O)Nc2ccc(COC(=O)N3CCN(c4cc5c(cc4F)c(=O)c(C(=O)O)cn5CC)CC3)cc2)CCCCC1. The molecule has 1 aromatic heterocycles. The minimum Gasteiger partial charge on any atom is -0.477 e. The number of carboxylic acid groups (broad SMARTS) is 1. The second-order valence-corrected chi connectivity index (χ2v) is 14.8. The largest absolute Gasteiger partial charge is 0.477 e. The lowest BCUT2D eigenvalue weighted by atomic mass is 9.68. The van der Waals surface area contributed by atoms with Gasteiger partial charge in [-0.3, -0.25) is 19.2 Å². The van der Waals surface area contributed by atoms with Gasteiger partial charge >= 0.3 is 18.1 Å². The molecule has 1 saturated carbocycles. The molecule has 2 fully saturated rings. The Bertz CT molecular complexity index is 2070. The highest BCUT2D eigenvalue weighted by Gasteiger charge is 2.46. The Hall–Kier alpha value is -6.00. The van der Waals surface area contributed by atoms with Crippen LogP contribution in [0.25, 0.3) is 10.9 Å². The number of anilines is 2. The number of carboxylic acids is 1. The van der Waals surface area contributed by atoms with Crippen LogP contribution in [0, 0.1) is 17.2 Å². The van der Waals surface area contributed by atoms with Crippen LogP contribution in [0.3, 0.4) is 0 Å². The Morgan fingerprint density at radius 1 is 0.966 bits per heavy atom. The number of benzene rings is 2. The van der Waals surface area contributed by atoms with E-state index in [0.717, 1.165) is 25.3 Å². The summed E-state index contributed by atoms with van der Waals surface area (Å²) in [6.45, 7) is 5.58. The van der Waals surface area contributed by atoms with Crippen LogP contribution in [-0.2, 0) is 32.3 Å². The van der Waals surface area contributed by atoms with E-state index in [-0.39, 0.29) is 74.9 Å². The zero-order chi connectivity index (χ0) is 42.0. The van der Waals surface area contributed by atoms with Gasteiger partial charge in [-0.1, -0.05) is 31.4 Å². The molecule has 312 valence electrons. The van der Waals surface area contributed by atoms with Gasteiger partial charge in [-0.05, 0) is 69.4 Å². The number of carbonyl (C=O) groups excluding carboxylic acids is 5. The number of Topliss-reactive ketones (excluding diaryl/α,β-unsaturated/α-hetero) is 1. The molecule has 5 amide bonds. The Kier molecular flexibility index (Phi) is 14.5. The van der Waals surface area contributed by atoms with E-state index in [4.69, 9.17) is 10.5 Å². The predicted octanol–water partition coefficient (Wildman–Crippen LogP) is 4.37. The summed E-state index contributed by atoms with van der Waals surface area (Å²) < 4.78 is 22.5. The second kappa shape index (κ2) is 19.4. The first-order chi connectivity index (χ1) is 27.8. The number of aryl methyl sites for hydroxylation is 1. The second-order valence-electron chi connectivity index (χ2n) is 14.8. The molecule has 2 heterocycles. The van der Waals surface area contributed by atoms with Crippen LogP contribution in [0.5, 0.6) is 0 Å². The van der Waals surface area contributed by atoms with Gasteiger partial charge in [0.25, 0.3) is 0 Å². The van der Waals surface area contributed by atoms with Crippen molar-refractivity contribution in [3.05, 3.63) is 69.8 Å². The number of aromatic carboxylic acids is 1.